The van der Waals surface area contributed by atoms with Crippen LogP contribution < -0.4 is 5.32 Å². The molecule has 1 fully saturated rings. The molecule has 112 valence electrons. The minimum atomic E-state index is -3.03. The second-order valence-corrected chi connectivity index (χ2v) is 7.49. The molecule has 0 bridgehead atoms. The number of carbonyl (C=O) groups excluding carboxylic acids is 1. The minimum absolute atomic E-state index is 0.0222. The number of nitrogens with one attached hydrogen (secondary N) is 1. The van der Waals surface area contributed by atoms with Crippen molar-refractivity contribution in [2.75, 3.05) is 24.7 Å². The highest BCUT2D eigenvalue weighted by Crippen LogP contribution is 2.22. The van der Waals surface area contributed by atoms with Gasteiger partial charge in [0.05, 0.1) is 23.7 Å². The molecule has 19 heavy (non-hydrogen) atoms. The Kier molecular flexibility index (Phi) is 6.06. The number of sulfone groups is 1. The Labute approximate surface area is 114 Å². The predicted octanol–water partition coefficient (Wildman–Crippen LogP) is 0.843. The Morgan fingerprint density at radius 2 is 2.00 bits per heavy atom. The Bertz CT molecular complexity index is 395. The normalized spacial score (nSPS) is 25.2. The lowest BCUT2D eigenvalue weighted by Gasteiger charge is -2.23. The average Bonchev–Trinajstić information content (AvgIpc) is 2.57. The summed E-state index contributed by atoms with van der Waals surface area (Å²) in [6.07, 6.45) is 3.21. The molecular weight excluding hydrogens is 270 g/mol. The van der Waals surface area contributed by atoms with Crippen molar-refractivity contribution in [2.45, 2.75) is 44.6 Å². The summed E-state index contributed by atoms with van der Waals surface area (Å²) in [5.41, 5.74) is -0.702. The molecule has 1 aliphatic rings. The average molecular weight is 293 g/mol. The maximum absolute atomic E-state index is 11.5. The molecule has 1 amide bonds. The van der Waals surface area contributed by atoms with E-state index in [0.29, 0.717) is 13.0 Å². The van der Waals surface area contributed by atoms with Gasteiger partial charge in [-0.1, -0.05) is 6.42 Å². The number of hydrogen-bond donors (Lipinski definition) is 2. The largest absolute Gasteiger partial charge is 0.450 e. The van der Waals surface area contributed by atoms with Crippen LogP contribution in [-0.4, -0.2) is 49.9 Å². The van der Waals surface area contributed by atoms with E-state index >= 15 is 0 Å². The number of aliphatic hydroxyl groups excluding tert-OH is 1. The Morgan fingerprint density at radius 3 is 2.58 bits per heavy atom. The number of amides is 1. The molecule has 0 aromatic carbocycles. The fourth-order valence-electron chi connectivity index (χ4n) is 2.12. The van der Waals surface area contributed by atoms with Crippen LogP contribution in [0, 0.1) is 0 Å². The zero-order valence-corrected chi connectivity index (χ0v) is 12.2. The SMILES string of the molecule is C[C@@]1(NC(=O)OCCCCCCO)CCS(=O)(=O)C1. The van der Waals surface area contributed by atoms with Crippen LogP contribution in [-0.2, 0) is 14.6 Å². The molecule has 0 aromatic rings. The zero-order chi connectivity index (χ0) is 14.4. The highest BCUT2D eigenvalue weighted by atomic mass is 32.2. The van der Waals surface area contributed by atoms with Crippen molar-refractivity contribution in [3.05, 3.63) is 0 Å². The van der Waals surface area contributed by atoms with Crippen LogP contribution in [0.2, 0.25) is 0 Å². The molecule has 1 aliphatic heterocycles. The highest BCUT2D eigenvalue weighted by Gasteiger charge is 2.39. The molecule has 0 aliphatic carbocycles. The van der Waals surface area contributed by atoms with Gasteiger partial charge in [0.1, 0.15) is 0 Å². The quantitative estimate of drug-likeness (QED) is 0.679. The summed E-state index contributed by atoms with van der Waals surface area (Å²) in [6, 6.07) is 0. The van der Waals surface area contributed by atoms with E-state index in [9.17, 15) is 13.2 Å². The van der Waals surface area contributed by atoms with Crippen LogP contribution >= 0.6 is 0 Å². The molecule has 0 spiro atoms. The van der Waals surface area contributed by atoms with Crippen LogP contribution in [0.25, 0.3) is 0 Å². The van der Waals surface area contributed by atoms with Crippen LogP contribution in [0.5, 0.6) is 0 Å². The molecule has 0 saturated carbocycles. The van der Waals surface area contributed by atoms with E-state index in [-0.39, 0.29) is 18.1 Å². The number of aliphatic hydroxyl groups is 1. The molecule has 0 unspecified atom stereocenters. The zero-order valence-electron chi connectivity index (χ0n) is 11.4. The maximum Gasteiger partial charge on any atom is 0.407 e. The molecule has 1 atom stereocenters. The van der Waals surface area contributed by atoms with E-state index in [4.69, 9.17) is 9.84 Å². The summed E-state index contributed by atoms with van der Waals surface area (Å²) in [5, 5.41) is 11.2. The van der Waals surface area contributed by atoms with Gasteiger partial charge in [-0.25, -0.2) is 13.2 Å². The lowest BCUT2D eigenvalue weighted by atomic mass is 10.0. The second-order valence-electron chi connectivity index (χ2n) is 5.30. The molecule has 1 rings (SSSR count). The molecule has 6 nitrogen and oxygen atoms in total. The van der Waals surface area contributed by atoms with E-state index in [1.54, 1.807) is 6.92 Å². The first kappa shape index (κ1) is 16.2. The number of alkyl carbamates (subject to hydrolysis) is 1. The van der Waals surface area contributed by atoms with Gasteiger partial charge in [-0.2, -0.15) is 0 Å². The summed E-state index contributed by atoms with van der Waals surface area (Å²) in [7, 11) is -3.03. The van der Waals surface area contributed by atoms with E-state index in [0.717, 1.165) is 25.7 Å². The smallest absolute Gasteiger partial charge is 0.407 e. The van der Waals surface area contributed by atoms with Crippen LogP contribution in [0.4, 0.5) is 4.79 Å². The first-order chi connectivity index (χ1) is 8.87. The molecule has 7 heteroatoms. The third-order valence-corrected chi connectivity index (χ3v) is 5.10. The van der Waals surface area contributed by atoms with Crippen molar-refractivity contribution in [3.63, 3.8) is 0 Å². The maximum atomic E-state index is 11.5. The van der Waals surface area contributed by atoms with Gasteiger partial charge in [0.15, 0.2) is 9.84 Å². The fourth-order valence-corrected chi connectivity index (χ4v) is 4.22. The lowest BCUT2D eigenvalue weighted by Crippen LogP contribution is -2.47. The van der Waals surface area contributed by atoms with Crippen molar-refractivity contribution in [1.29, 1.82) is 0 Å². The van der Waals surface area contributed by atoms with Crippen LogP contribution in [0.3, 0.4) is 0 Å². The molecule has 0 aromatic heterocycles. The minimum Gasteiger partial charge on any atom is -0.450 e. The van der Waals surface area contributed by atoms with Gasteiger partial charge >= 0.3 is 6.09 Å². The molecular formula is C12H23NO5S. The van der Waals surface area contributed by atoms with Gasteiger partial charge in [-0.15, -0.1) is 0 Å². The van der Waals surface area contributed by atoms with Crippen LogP contribution in [0.15, 0.2) is 0 Å². The molecule has 2 N–H and O–H groups in total. The summed E-state index contributed by atoms with van der Waals surface area (Å²) >= 11 is 0. The van der Waals surface area contributed by atoms with E-state index in [1.807, 2.05) is 0 Å². The third-order valence-electron chi connectivity index (χ3n) is 3.19. The Hall–Kier alpha value is -0.820. The molecule has 1 saturated heterocycles. The topological polar surface area (TPSA) is 92.7 Å². The van der Waals surface area contributed by atoms with Gasteiger partial charge < -0.3 is 15.2 Å². The molecule has 0 radical (unpaired) electrons. The third kappa shape index (κ3) is 6.24. The monoisotopic (exact) mass is 293 g/mol. The number of rotatable bonds is 7. The van der Waals surface area contributed by atoms with Gasteiger partial charge in [0.2, 0.25) is 0 Å². The summed E-state index contributed by atoms with van der Waals surface area (Å²) in [5.74, 6) is 0.0938. The second kappa shape index (κ2) is 7.09. The molecule has 1 heterocycles. The predicted molar refractivity (Wildman–Crippen MR) is 71.7 cm³/mol. The number of carbonyl (C=O) groups is 1. The highest BCUT2D eigenvalue weighted by molar-refractivity contribution is 7.91. The first-order valence-corrected chi connectivity index (χ1v) is 8.45. The van der Waals surface area contributed by atoms with Crippen molar-refractivity contribution < 1.29 is 23.1 Å². The number of unbranched alkanes of at least 4 members (excludes halogenated alkanes) is 3. The van der Waals surface area contributed by atoms with Gasteiger partial charge in [0.25, 0.3) is 0 Å². The Balaban J connectivity index is 2.18. The number of ether oxygens (including phenoxy) is 1. The lowest BCUT2D eigenvalue weighted by molar-refractivity contribution is 0.134. The van der Waals surface area contributed by atoms with Crippen molar-refractivity contribution in [3.8, 4) is 0 Å². The summed E-state index contributed by atoms with van der Waals surface area (Å²) in [4.78, 5) is 11.5. The van der Waals surface area contributed by atoms with E-state index in [2.05, 4.69) is 5.32 Å². The number of hydrogen-bond acceptors (Lipinski definition) is 5. The summed E-state index contributed by atoms with van der Waals surface area (Å²) in [6.45, 7) is 2.23. The Morgan fingerprint density at radius 1 is 1.32 bits per heavy atom. The van der Waals surface area contributed by atoms with E-state index in [1.165, 1.54) is 0 Å². The van der Waals surface area contributed by atoms with Crippen molar-refractivity contribution in [2.24, 2.45) is 0 Å². The summed E-state index contributed by atoms with van der Waals surface area (Å²) < 4.78 is 27.8. The van der Waals surface area contributed by atoms with Gasteiger partial charge in [-0.05, 0) is 32.6 Å². The first-order valence-electron chi connectivity index (χ1n) is 6.63. The van der Waals surface area contributed by atoms with Gasteiger partial charge in [0, 0.05) is 6.61 Å². The van der Waals surface area contributed by atoms with E-state index < -0.39 is 21.5 Å². The van der Waals surface area contributed by atoms with Crippen molar-refractivity contribution in [1.82, 2.24) is 5.32 Å². The van der Waals surface area contributed by atoms with Crippen molar-refractivity contribution >= 4 is 15.9 Å². The fraction of sp³-hybridized carbons (Fsp3) is 0.917. The standard InChI is InChI=1S/C12H23NO5S/c1-12(6-9-19(16,17)10-12)13-11(15)18-8-5-3-2-4-7-14/h14H,2-10H2,1H3,(H,13,15)/t12-/m1/s1. The van der Waals surface area contributed by atoms with Gasteiger partial charge in [-0.3, -0.25) is 0 Å². The van der Waals surface area contributed by atoms with Crippen LogP contribution in [0.1, 0.15) is 39.0 Å².